The number of hydrogen-bond donors (Lipinski definition) is 1. The average molecular weight is 289 g/mol. The largest absolute Gasteiger partial charge is 0.461 e. The Morgan fingerprint density at radius 3 is 2.57 bits per heavy atom. The van der Waals surface area contributed by atoms with E-state index in [1.165, 1.54) is 11.1 Å². The van der Waals surface area contributed by atoms with Crippen molar-refractivity contribution in [2.75, 3.05) is 0 Å². The molecule has 2 aliphatic rings. The van der Waals surface area contributed by atoms with Crippen LogP contribution < -0.4 is 5.32 Å². The number of nitrogens with one attached hydrogen (secondary N) is 1. The van der Waals surface area contributed by atoms with Crippen LogP contribution in [0.2, 0.25) is 0 Å². The normalized spacial score (nSPS) is 32.3. The zero-order chi connectivity index (χ0) is 14.8. The zero-order valence-electron chi connectivity index (χ0n) is 12.7. The summed E-state index contributed by atoms with van der Waals surface area (Å²) in [6.45, 7) is 4.80. The van der Waals surface area contributed by atoms with E-state index in [4.69, 9.17) is 9.47 Å². The molecule has 114 valence electrons. The van der Waals surface area contributed by atoms with Gasteiger partial charge in [-0.05, 0) is 31.4 Å². The van der Waals surface area contributed by atoms with Gasteiger partial charge in [-0.3, -0.25) is 4.79 Å². The molecule has 3 unspecified atom stereocenters. The second kappa shape index (κ2) is 6.16. The maximum absolute atomic E-state index is 12.4. The van der Waals surface area contributed by atoms with E-state index < -0.39 is 0 Å². The van der Waals surface area contributed by atoms with Crippen molar-refractivity contribution in [3.05, 3.63) is 35.4 Å². The molecule has 2 aliphatic heterocycles. The summed E-state index contributed by atoms with van der Waals surface area (Å²) in [4.78, 5) is 12.4. The van der Waals surface area contributed by atoms with Crippen molar-refractivity contribution in [3.63, 3.8) is 0 Å². The van der Waals surface area contributed by atoms with Gasteiger partial charge in [-0.25, -0.2) is 0 Å². The molecule has 1 saturated heterocycles. The minimum absolute atomic E-state index is 0.0183. The minimum atomic E-state index is -0.228. The van der Waals surface area contributed by atoms with Crippen LogP contribution >= 0.6 is 0 Å². The summed E-state index contributed by atoms with van der Waals surface area (Å²) in [5.74, 6) is -0.129. The summed E-state index contributed by atoms with van der Waals surface area (Å²) in [5.41, 5.74) is 2.52. The Morgan fingerprint density at radius 1 is 1.19 bits per heavy atom. The van der Waals surface area contributed by atoms with Crippen molar-refractivity contribution in [2.24, 2.45) is 0 Å². The van der Waals surface area contributed by atoms with Crippen LogP contribution in [0.25, 0.3) is 0 Å². The molecule has 0 bridgehead atoms. The maximum atomic E-state index is 12.4. The van der Waals surface area contributed by atoms with Crippen LogP contribution in [0.4, 0.5) is 0 Å². The van der Waals surface area contributed by atoms with Crippen molar-refractivity contribution < 1.29 is 14.3 Å². The van der Waals surface area contributed by atoms with Crippen LogP contribution in [-0.4, -0.2) is 30.3 Å². The quantitative estimate of drug-likeness (QED) is 0.848. The van der Waals surface area contributed by atoms with Crippen LogP contribution in [0.5, 0.6) is 0 Å². The van der Waals surface area contributed by atoms with Gasteiger partial charge in [-0.1, -0.05) is 24.3 Å². The SMILES string of the molecule is CC1CC(OC(=O)C2Cc3ccccc3CN2)CC(C)O1. The monoisotopic (exact) mass is 289 g/mol. The summed E-state index contributed by atoms with van der Waals surface area (Å²) in [5, 5.41) is 3.28. The van der Waals surface area contributed by atoms with E-state index in [-0.39, 0.29) is 30.3 Å². The second-order valence-electron chi connectivity index (χ2n) is 6.19. The molecule has 1 aromatic carbocycles. The molecule has 4 heteroatoms. The standard InChI is InChI=1S/C17H23NO3/c1-11-7-15(8-12(2)20-11)21-17(19)16-9-13-5-3-4-6-14(13)10-18-16/h3-6,11-12,15-16,18H,7-10H2,1-2H3. The van der Waals surface area contributed by atoms with E-state index >= 15 is 0 Å². The third kappa shape index (κ3) is 3.44. The number of ether oxygens (including phenoxy) is 2. The van der Waals surface area contributed by atoms with Gasteiger partial charge in [0.2, 0.25) is 0 Å². The van der Waals surface area contributed by atoms with E-state index in [9.17, 15) is 4.79 Å². The molecule has 0 amide bonds. The molecule has 0 aromatic heterocycles. The zero-order valence-corrected chi connectivity index (χ0v) is 12.7. The highest BCUT2D eigenvalue weighted by molar-refractivity contribution is 5.77. The molecule has 0 saturated carbocycles. The van der Waals surface area contributed by atoms with Crippen LogP contribution in [0.1, 0.15) is 37.8 Å². The summed E-state index contributed by atoms with van der Waals surface area (Å²) in [6, 6.07) is 8.02. The summed E-state index contributed by atoms with van der Waals surface area (Å²) < 4.78 is 11.4. The van der Waals surface area contributed by atoms with Crippen molar-refractivity contribution in [1.29, 1.82) is 0 Å². The van der Waals surface area contributed by atoms with E-state index in [2.05, 4.69) is 17.4 Å². The molecule has 1 aromatic rings. The molecule has 1 N–H and O–H groups in total. The van der Waals surface area contributed by atoms with Gasteiger partial charge >= 0.3 is 5.97 Å². The maximum Gasteiger partial charge on any atom is 0.323 e. The van der Waals surface area contributed by atoms with E-state index in [1.54, 1.807) is 0 Å². The predicted molar refractivity (Wildman–Crippen MR) is 79.9 cm³/mol. The number of fused-ring (bicyclic) bond motifs is 1. The fraction of sp³-hybridized carbons (Fsp3) is 0.588. The molecular formula is C17H23NO3. The van der Waals surface area contributed by atoms with Crippen LogP contribution in [0.3, 0.4) is 0 Å². The van der Waals surface area contributed by atoms with Crippen molar-refractivity contribution >= 4 is 5.97 Å². The van der Waals surface area contributed by atoms with Crippen LogP contribution in [-0.2, 0) is 27.2 Å². The first-order chi connectivity index (χ1) is 10.1. The number of hydrogen-bond acceptors (Lipinski definition) is 4. The molecule has 21 heavy (non-hydrogen) atoms. The minimum Gasteiger partial charge on any atom is -0.461 e. The third-order valence-electron chi connectivity index (χ3n) is 4.30. The van der Waals surface area contributed by atoms with Gasteiger partial charge in [0.1, 0.15) is 12.1 Å². The van der Waals surface area contributed by atoms with Gasteiger partial charge in [0.25, 0.3) is 0 Å². The van der Waals surface area contributed by atoms with Crippen molar-refractivity contribution in [3.8, 4) is 0 Å². The Morgan fingerprint density at radius 2 is 1.86 bits per heavy atom. The first kappa shape index (κ1) is 14.5. The van der Waals surface area contributed by atoms with Crippen LogP contribution in [0, 0.1) is 0 Å². The van der Waals surface area contributed by atoms with Gasteiger partial charge in [-0.15, -0.1) is 0 Å². The molecule has 0 radical (unpaired) electrons. The van der Waals surface area contributed by atoms with E-state index in [0.717, 1.165) is 19.4 Å². The number of esters is 1. The predicted octanol–water partition coefficient (Wildman–Crippen LogP) is 2.20. The Balaban J connectivity index is 1.59. The molecule has 2 heterocycles. The number of carbonyl (C=O) groups excluding carboxylic acids is 1. The topological polar surface area (TPSA) is 47.6 Å². The second-order valence-corrected chi connectivity index (χ2v) is 6.19. The van der Waals surface area contributed by atoms with E-state index in [1.807, 2.05) is 26.0 Å². The van der Waals surface area contributed by atoms with Gasteiger partial charge in [-0.2, -0.15) is 0 Å². The van der Waals surface area contributed by atoms with Gasteiger partial charge in [0.15, 0.2) is 0 Å². The van der Waals surface area contributed by atoms with Gasteiger partial charge in [0, 0.05) is 19.4 Å². The Labute approximate surface area is 125 Å². The van der Waals surface area contributed by atoms with Gasteiger partial charge < -0.3 is 14.8 Å². The number of rotatable bonds is 2. The fourth-order valence-corrected chi connectivity index (χ4v) is 3.31. The Hall–Kier alpha value is -1.39. The first-order valence-electron chi connectivity index (χ1n) is 7.78. The molecule has 3 rings (SSSR count). The molecule has 0 spiro atoms. The molecule has 4 nitrogen and oxygen atoms in total. The third-order valence-corrected chi connectivity index (χ3v) is 4.30. The van der Waals surface area contributed by atoms with Crippen molar-refractivity contribution in [1.82, 2.24) is 5.32 Å². The highest BCUT2D eigenvalue weighted by Gasteiger charge is 2.31. The molecule has 1 fully saturated rings. The van der Waals surface area contributed by atoms with Gasteiger partial charge in [0.05, 0.1) is 12.2 Å². The lowest BCUT2D eigenvalue weighted by molar-refractivity contribution is -0.162. The number of benzene rings is 1. The smallest absolute Gasteiger partial charge is 0.323 e. The average Bonchev–Trinajstić information content (AvgIpc) is 2.45. The summed E-state index contributed by atoms with van der Waals surface area (Å²) >= 11 is 0. The fourth-order valence-electron chi connectivity index (χ4n) is 3.31. The molecule has 3 atom stereocenters. The lowest BCUT2D eigenvalue weighted by Gasteiger charge is -2.33. The first-order valence-corrected chi connectivity index (χ1v) is 7.78. The highest BCUT2D eigenvalue weighted by atomic mass is 16.6. The highest BCUT2D eigenvalue weighted by Crippen LogP contribution is 2.23. The summed E-state index contributed by atoms with van der Waals surface area (Å²) in [6.07, 6.45) is 2.59. The van der Waals surface area contributed by atoms with Crippen molar-refractivity contribution in [2.45, 2.75) is 64.0 Å². The lowest BCUT2D eigenvalue weighted by Crippen LogP contribution is -2.45. The molecular weight excluding hydrogens is 266 g/mol. The Bertz CT molecular complexity index is 507. The summed E-state index contributed by atoms with van der Waals surface area (Å²) in [7, 11) is 0. The molecule has 0 aliphatic carbocycles. The number of carbonyl (C=O) groups is 1. The Kier molecular flexibility index (Phi) is 4.27. The van der Waals surface area contributed by atoms with E-state index in [0.29, 0.717) is 6.42 Å². The van der Waals surface area contributed by atoms with Crippen LogP contribution in [0.15, 0.2) is 24.3 Å². The lowest BCUT2D eigenvalue weighted by atomic mass is 9.96.